The van der Waals surface area contributed by atoms with Gasteiger partial charge in [-0.1, -0.05) is 0 Å². The van der Waals surface area contributed by atoms with Crippen LogP contribution in [0.4, 0.5) is 0 Å². The molecule has 6 rings (SSSR count). The van der Waals surface area contributed by atoms with E-state index in [0.717, 1.165) is 56.8 Å². The molecule has 1 aliphatic carbocycles. The first-order valence-electron chi connectivity index (χ1n) is 11.2. The number of thiophene rings is 2. The number of carbonyl (C=O) groups excluding carboxylic acids is 2. The maximum atomic E-state index is 12.8. The fourth-order valence-corrected chi connectivity index (χ4v) is 6.22. The normalized spacial score (nSPS) is 15.6. The number of aryl methyl sites for hydroxylation is 1. The molecule has 4 heterocycles. The number of rotatable bonds is 6. The van der Waals surface area contributed by atoms with E-state index in [2.05, 4.69) is 10.3 Å². The van der Waals surface area contributed by atoms with Gasteiger partial charge in [0.1, 0.15) is 11.5 Å². The van der Waals surface area contributed by atoms with Gasteiger partial charge in [-0.3, -0.25) is 14.6 Å². The molecule has 1 saturated heterocycles. The summed E-state index contributed by atoms with van der Waals surface area (Å²) in [5.74, 6) is 2.11. The monoisotopic (exact) mass is 477 g/mol. The Hall–Kier alpha value is -2.97. The first kappa shape index (κ1) is 20.6. The minimum Gasteiger partial charge on any atom is -0.456 e. The summed E-state index contributed by atoms with van der Waals surface area (Å²) in [7, 11) is 0. The largest absolute Gasteiger partial charge is 0.456 e. The Labute approximate surface area is 199 Å². The number of fused-ring (bicyclic) bond motifs is 2. The number of carbonyl (C=O) groups is 2. The molecule has 2 aliphatic rings. The van der Waals surface area contributed by atoms with Crippen LogP contribution in [-0.2, 0) is 0 Å². The summed E-state index contributed by atoms with van der Waals surface area (Å²) in [5, 5.41) is 4.04. The van der Waals surface area contributed by atoms with Crippen molar-refractivity contribution in [3.63, 3.8) is 0 Å². The predicted molar refractivity (Wildman–Crippen MR) is 132 cm³/mol. The Morgan fingerprint density at radius 1 is 1.18 bits per heavy atom. The topological polar surface area (TPSA) is 71.5 Å². The van der Waals surface area contributed by atoms with Gasteiger partial charge in [0.15, 0.2) is 0 Å². The van der Waals surface area contributed by atoms with Crippen molar-refractivity contribution in [3.8, 4) is 11.5 Å². The van der Waals surface area contributed by atoms with Crippen molar-refractivity contribution < 1.29 is 14.3 Å². The highest BCUT2D eigenvalue weighted by Gasteiger charge is 2.25. The van der Waals surface area contributed by atoms with Gasteiger partial charge in [0.2, 0.25) is 0 Å². The Morgan fingerprint density at radius 2 is 2.03 bits per heavy atom. The number of pyridine rings is 1. The molecule has 1 N–H and O–H groups in total. The zero-order valence-electron chi connectivity index (χ0n) is 18.2. The van der Waals surface area contributed by atoms with Gasteiger partial charge in [-0.05, 0) is 56.4 Å². The van der Waals surface area contributed by atoms with Crippen molar-refractivity contribution >= 4 is 54.8 Å². The van der Waals surface area contributed by atoms with Crippen LogP contribution in [0.5, 0.6) is 11.5 Å². The molecular formula is C25H23N3O3S2. The highest BCUT2D eigenvalue weighted by atomic mass is 32.1. The molecule has 2 amide bonds. The van der Waals surface area contributed by atoms with E-state index >= 15 is 0 Å². The molecule has 8 heteroatoms. The van der Waals surface area contributed by atoms with E-state index in [1.54, 1.807) is 17.5 Å². The summed E-state index contributed by atoms with van der Waals surface area (Å²) in [6.45, 7) is 4.40. The number of likely N-dealkylation sites (tertiary alicyclic amines) is 1. The van der Waals surface area contributed by atoms with Crippen LogP contribution in [-0.4, -0.2) is 41.3 Å². The van der Waals surface area contributed by atoms with E-state index in [4.69, 9.17) is 4.74 Å². The van der Waals surface area contributed by atoms with Crippen LogP contribution in [0.3, 0.4) is 0 Å². The van der Waals surface area contributed by atoms with Gasteiger partial charge in [0.25, 0.3) is 11.8 Å². The van der Waals surface area contributed by atoms with E-state index in [1.165, 1.54) is 24.2 Å². The van der Waals surface area contributed by atoms with Crippen LogP contribution < -0.4 is 10.1 Å². The number of amides is 2. The lowest BCUT2D eigenvalue weighted by Gasteiger charge is -2.30. The minimum atomic E-state index is 0.00754. The summed E-state index contributed by atoms with van der Waals surface area (Å²) in [5.41, 5.74) is 1.53. The Kier molecular flexibility index (Phi) is 5.07. The number of hydrogen-bond donors (Lipinski definition) is 1. The SMILES string of the molecule is Cc1sc2cc(Oc3ccnc4cc(C(=O)N5CCC5)sc34)ccc2c1C(=O)NCC1CC1. The van der Waals surface area contributed by atoms with Gasteiger partial charge < -0.3 is 15.0 Å². The van der Waals surface area contributed by atoms with Crippen molar-refractivity contribution in [2.45, 2.75) is 26.2 Å². The number of nitrogens with one attached hydrogen (secondary N) is 1. The van der Waals surface area contributed by atoms with E-state index < -0.39 is 0 Å². The van der Waals surface area contributed by atoms with Gasteiger partial charge in [-0.15, -0.1) is 22.7 Å². The van der Waals surface area contributed by atoms with Crippen LogP contribution in [0.1, 0.15) is 44.2 Å². The average Bonchev–Trinajstić information content (AvgIpc) is 3.38. The van der Waals surface area contributed by atoms with Crippen LogP contribution in [0, 0.1) is 12.8 Å². The summed E-state index contributed by atoms with van der Waals surface area (Å²) in [6.07, 6.45) is 5.20. The Balaban J connectivity index is 1.28. The molecule has 1 saturated carbocycles. The Morgan fingerprint density at radius 3 is 2.79 bits per heavy atom. The molecule has 0 atom stereocenters. The van der Waals surface area contributed by atoms with Crippen LogP contribution in [0.25, 0.3) is 20.3 Å². The molecule has 168 valence electrons. The third kappa shape index (κ3) is 3.87. The van der Waals surface area contributed by atoms with Gasteiger partial charge >= 0.3 is 0 Å². The third-order valence-electron chi connectivity index (χ3n) is 6.27. The fraction of sp³-hybridized carbons (Fsp3) is 0.320. The maximum Gasteiger partial charge on any atom is 0.264 e. The third-order valence-corrected chi connectivity index (χ3v) is 8.47. The van der Waals surface area contributed by atoms with Gasteiger partial charge in [-0.2, -0.15) is 0 Å². The molecule has 33 heavy (non-hydrogen) atoms. The van der Waals surface area contributed by atoms with Crippen molar-refractivity contribution in [3.05, 3.63) is 51.8 Å². The second-order valence-corrected chi connectivity index (χ2v) is 11.0. The summed E-state index contributed by atoms with van der Waals surface area (Å²) in [4.78, 5) is 33.4. The molecule has 0 spiro atoms. The van der Waals surface area contributed by atoms with Crippen molar-refractivity contribution in [1.29, 1.82) is 0 Å². The second kappa shape index (κ2) is 8.11. The lowest BCUT2D eigenvalue weighted by Crippen LogP contribution is -2.41. The average molecular weight is 478 g/mol. The number of nitrogens with zero attached hydrogens (tertiary/aromatic N) is 2. The zero-order chi connectivity index (χ0) is 22.5. The zero-order valence-corrected chi connectivity index (χ0v) is 19.9. The standard InChI is InChI=1S/C25H23N3O3S2/c1-14-22(24(29)27-13-15-3-4-15)17-6-5-16(11-20(17)32-14)31-19-7-8-26-18-12-21(33-23(18)19)25(30)28-9-2-10-28/h5-8,11-12,15H,2-4,9-10,13H2,1H3,(H,27,29). The smallest absolute Gasteiger partial charge is 0.264 e. The van der Waals surface area contributed by atoms with E-state index in [-0.39, 0.29) is 11.8 Å². The summed E-state index contributed by atoms with van der Waals surface area (Å²) in [6, 6.07) is 9.53. The predicted octanol–water partition coefficient (Wildman–Crippen LogP) is 5.60. The van der Waals surface area contributed by atoms with Gasteiger partial charge in [-0.25, -0.2) is 0 Å². The van der Waals surface area contributed by atoms with E-state index in [0.29, 0.717) is 22.3 Å². The molecular weight excluding hydrogens is 454 g/mol. The van der Waals surface area contributed by atoms with Crippen LogP contribution in [0.15, 0.2) is 36.5 Å². The fourth-order valence-electron chi connectivity index (χ4n) is 4.10. The quantitative estimate of drug-likeness (QED) is 0.393. The summed E-state index contributed by atoms with van der Waals surface area (Å²) < 4.78 is 8.13. The van der Waals surface area contributed by atoms with Gasteiger partial charge in [0.05, 0.1) is 20.7 Å². The van der Waals surface area contributed by atoms with Crippen molar-refractivity contribution in [2.24, 2.45) is 5.92 Å². The molecule has 6 nitrogen and oxygen atoms in total. The number of hydrogen-bond acceptors (Lipinski definition) is 6. The van der Waals surface area contributed by atoms with Gasteiger partial charge in [0, 0.05) is 46.9 Å². The van der Waals surface area contributed by atoms with Crippen molar-refractivity contribution in [1.82, 2.24) is 15.2 Å². The molecule has 3 aromatic heterocycles. The van der Waals surface area contributed by atoms with Crippen molar-refractivity contribution in [2.75, 3.05) is 19.6 Å². The highest BCUT2D eigenvalue weighted by molar-refractivity contribution is 7.21. The first-order chi connectivity index (χ1) is 16.1. The number of ether oxygens (including phenoxy) is 1. The molecule has 2 fully saturated rings. The molecule has 1 aliphatic heterocycles. The molecule has 0 radical (unpaired) electrons. The second-order valence-electron chi connectivity index (χ2n) is 8.73. The Bertz CT molecular complexity index is 1400. The number of aromatic nitrogens is 1. The molecule has 4 aromatic rings. The lowest BCUT2D eigenvalue weighted by atomic mass is 10.1. The molecule has 1 aromatic carbocycles. The van der Waals surface area contributed by atoms with Crippen LogP contribution in [0.2, 0.25) is 0 Å². The molecule has 0 unspecified atom stereocenters. The van der Waals surface area contributed by atoms with Crippen LogP contribution >= 0.6 is 22.7 Å². The van der Waals surface area contributed by atoms with E-state index in [1.807, 2.05) is 42.2 Å². The minimum absolute atomic E-state index is 0.00754. The first-order valence-corrected chi connectivity index (χ1v) is 12.9. The molecule has 0 bridgehead atoms. The van der Waals surface area contributed by atoms with E-state index in [9.17, 15) is 9.59 Å². The summed E-state index contributed by atoms with van der Waals surface area (Å²) >= 11 is 3.03. The number of benzene rings is 1. The maximum absolute atomic E-state index is 12.8. The highest BCUT2D eigenvalue weighted by Crippen LogP contribution is 2.38. The lowest BCUT2D eigenvalue weighted by molar-refractivity contribution is 0.0657.